The Morgan fingerprint density at radius 1 is 1.21 bits per heavy atom. The van der Waals surface area contributed by atoms with Crippen LogP contribution in [-0.4, -0.2) is 38.2 Å². The molecule has 178 valence electrons. The summed E-state index contributed by atoms with van der Waals surface area (Å²) in [5.74, 6) is 0.493. The summed E-state index contributed by atoms with van der Waals surface area (Å²) in [7, 11) is 0. The van der Waals surface area contributed by atoms with Gasteiger partial charge in [-0.1, -0.05) is 18.2 Å². The number of nitrogens with zero attached hydrogens (tertiary/aromatic N) is 2. The van der Waals surface area contributed by atoms with Gasteiger partial charge in [-0.3, -0.25) is 24.2 Å². The molecule has 1 fully saturated rings. The normalized spacial score (nSPS) is 23.9. The molecule has 3 aliphatic rings. The smallest absolute Gasteiger partial charge is 0.270 e. The third-order valence-corrected chi connectivity index (χ3v) is 8.49. The van der Waals surface area contributed by atoms with Crippen molar-refractivity contribution in [3.63, 3.8) is 0 Å². The second-order valence-corrected chi connectivity index (χ2v) is 11.2. The van der Waals surface area contributed by atoms with Crippen LogP contribution in [0.25, 0.3) is 10.9 Å². The molecule has 2 atom stereocenters. The molecule has 2 aromatic heterocycles. The molecule has 2 N–H and O–H groups in total. The van der Waals surface area contributed by atoms with Crippen molar-refractivity contribution in [2.75, 3.05) is 17.7 Å². The zero-order valence-corrected chi connectivity index (χ0v) is 20.2. The number of nitrogens with one attached hydrogen (secondary N) is 2. The Morgan fingerprint density at radius 2 is 2.06 bits per heavy atom. The largest absolute Gasteiger partial charge is 0.375 e. The van der Waals surface area contributed by atoms with E-state index >= 15 is 0 Å². The van der Waals surface area contributed by atoms with E-state index in [9.17, 15) is 14.4 Å². The third-order valence-electron chi connectivity index (χ3n) is 7.23. The van der Waals surface area contributed by atoms with Crippen LogP contribution in [0.3, 0.4) is 0 Å². The minimum atomic E-state index is -0.530. The van der Waals surface area contributed by atoms with Crippen LogP contribution < -0.4 is 16.4 Å². The number of rotatable bonds is 2. The van der Waals surface area contributed by atoms with E-state index in [4.69, 9.17) is 4.74 Å². The van der Waals surface area contributed by atoms with Gasteiger partial charge in [-0.05, 0) is 56.5 Å². The Labute approximate surface area is 200 Å². The lowest BCUT2D eigenvalue weighted by molar-refractivity contribution is -0.113. The SMILES string of the molecule is CC1(C)C[C@@H](n2[nH]c(=O)c3c2NC(=O)CS[C@H]3c2cc3cccc4c3n(c2=O)CCC4)CCO1. The molecule has 0 bridgehead atoms. The van der Waals surface area contributed by atoms with Gasteiger partial charge in [-0.25, -0.2) is 0 Å². The van der Waals surface area contributed by atoms with E-state index in [1.165, 1.54) is 17.3 Å². The number of aromatic amines is 1. The molecular weight excluding hydrogens is 452 g/mol. The number of hydrogen-bond donors (Lipinski definition) is 2. The van der Waals surface area contributed by atoms with Crippen molar-refractivity contribution in [2.45, 2.75) is 63.0 Å². The highest BCUT2D eigenvalue weighted by atomic mass is 32.2. The first kappa shape index (κ1) is 21.7. The summed E-state index contributed by atoms with van der Waals surface area (Å²) in [5, 5.41) is 6.42. The Hall–Kier alpha value is -2.78. The van der Waals surface area contributed by atoms with Crippen LogP contribution in [0.1, 0.15) is 61.1 Å². The fourth-order valence-electron chi connectivity index (χ4n) is 5.76. The predicted octanol–water partition coefficient (Wildman–Crippen LogP) is 3.34. The van der Waals surface area contributed by atoms with E-state index in [-0.39, 0.29) is 34.4 Å². The average molecular weight is 481 g/mol. The van der Waals surface area contributed by atoms with E-state index in [1.807, 2.05) is 36.6 Å². The number of amides is 1. The van der Waals surface area contributed by atoms with Gasteiger partial charge in [0.05, 0.1) is 33.7 Å². The van der Waals surface area contributed by atoms with Gasteiger partial charge in [0.1, 0.15) is 5.82 Å². The van der Waals surface area contributed by atoms with Gasteiger partial charge >= 0.3 is 0 Å². The summed E-state index contributed by atoms with van der Waals surface area (Å²) in [6, 6.07) is 8.04. The lowest BCUT2D eigenvalue weighted by Gasteiger charge is -2.36. The van der Waals surface area contributed by atoms with E-state index < -0.39 is 5.25 Å². The van der Waals surface area contributed by atoms with Crippen LogP contribution in [0.2, 0.25) is 0 Å². The number of fused-ring (bicyclic) bond motifs is 1. The topological polar surface area (TPSA) is 98.1 Å². The zero-order chi connectivity index (χ0) is 23.6. The van der Waals surface area contributed by atoms with Gasteiger partial charge in [0.2, 0.25) is 5.91 Å². The van der Waals surface area contributed by atoms with Crippen LogP contribution in [-0.2, 0) is 22.5 Å². The fraction of sp³-hybridized carbons (Fsp3) is 0.480. The number of pyridine rings is 1. The fourth-order valence-corrected chi connectivity index (χ4v) is 6.88. The average Bonchev–Trinajstić information content (AvgIpc) is 3.01. The molecule has 9 heteroatoms. The molecule has 1 amide bonds. The van der Waals surface area contributed by atoms with E-state index in [1.54, 1.807) is 4.68 Å². The summed E-state index contributed by atoms with van der Waals surface area (Å²) in [6.07, 6.45) is 3.32. The van der Waals surface area contributed by atoms with Gasteiger partial charge in [-0.2, -0.15) is 0 Å². The maximum Gasteiger partial charge on any atom is 0.270 e. The summed E-state index contributed by atoms with van der Waals surface area (Å²) in [6.45, 7) is 5.31. The first-order chi connectivity index (χ1) is 16.3. The van der Waals surface area contributed by atoms with Crippen molar-refractivity contribution in [1.82, 2.24) is 14.3 Å². The summed E-state index contributed by atoms with van der Waals surface area (Å²) < 4.78 is 9.52. The van der Waals surface area contributed by atoms with E-state index in [0.29, 0.717) is 36.5 Å². The lowest BCUT2D eigenvalue weighted by atomic mass is 9.94. The first-order valence-corrected chi connectivity index (χ1v) is 12.9. The van der Waals surface area contributed by atoms with Crippen molar-refractivity contribution in [1.29, 1.82) is 0 Å². The number of H-pyrrole nitrogens is 1. The molecule has 5 heterocycles. The Kier molecular flexibility index (Phi) is 5.04. The van der Waals surface area contributed by atoms with Crippen LogP contribution in [0.4, 0.5) is 5.82 Å². The van der Waals surface area contributed by atoms with Gasteiger partial charge in [0.15, 0.2) is 0 Å². The van der Waals surface area contributed by atoms with Gasteiger partial charge < -0.3 is 14.6 Å². The maximum atomic E-state index is 13.7. The second kappa shape index (κ2) is 7.88. The second-order valence-electron chi connectivity index (χ2n) is 10.1. The molecular formula is C25H28N4O4S. The van der Waals surface area contributed by atoms with Crippen molar-refractivity contribution >= 4 is 34.4 Å². The van der Waals surface area contributed by atoms with Crippen molar-refractivity contribution < 1.29 is 9.53 Å². The molecule has 34 heavy (non-hydrogen) atoms. The van der Waals surface area contributed by atoms with Crippen LogP contribution in [0.15, 0.2) is 33.9 Å². The number of carbonyl (C=O) groups excluding carboxylic acids is 1. The monoisotopic (exact) mass is 480 g/mol. The zero-order valence-electron chi connectivity index (χ0n) is 19.3. The Morgan fingerprint density at radius 3 is 2.88 bits per heavy atom. The molecule has 6 rings (SSSR count). The van der Waals surface area contributed by atoms with E-state index in [2.05, 4.69) is 16.5 Å². The van der Waals surface area contributed by atoms with Crippen molar-refractivity contribution in [3.8, 4) is 0 Å². The molecule has 0 spiro atoms. The standard InChI is InChI=1S/C25H28N4O4S/c1-25(2)12-16(8-10-33-25)29-22-19(23(31)27-29)21(34-13-18(30)26-22)17-11-15-6-3-5-14-7-4-9-28(20(14)15)24(17)32/h3,5-6,11,16,21H,4,7-10,12-13H2,1-2H3,(H,26,30)(H,27,31)/t16-,21-/m0/s1. The molecule has 3 aromatic rings. The van der Waals surface area contributed by atoms with Gasteiger partial charge in [0.25, 0.3) is 11.1 Å². The van der Waals surface area contributed by atoms with E-state index in [0.717, 1.165) is 30.2 Å². The minimum absolute atomic E-state index is 0.00864. The molecule has 1 aromatic carbocycles. The number of anilines is 1. The summed E-state index contributed by atoms with van der Waals surface area (Å²) in [4.78, 5) is 39.8. The molecule has 1 saturated heterocycles. The van der Waals surface area contributed by atoms with Crippen molar-refractivity contribution in [3.05, 3.63) is 61.7 Å². The molecule has 0 aliphatic carbocycles. The van der Waals surface area contributed by atoms with Gasteiger partial charge in [0, 0.05) is 18.7 Å². The number of aromatic nitrogens is 3. The number of thioether (sulfide) groups is 1. The number of para-hydroxylation sites is 1. The van der Waals surface area contributed by atoms with Crippen LogP contribution >= 0.6 is 11.8 Å². The Bertz CT molecular complexity index is 1430. The summed E-state index contributed by atoms with van der Waals surface area (Å²) in [5.41, 5.74) is 2.54. The summed E-state index contributed by atoms with van der Waals surface area (Å²) >= 11 is 1.34. The number of benzene rings is 1. The van der Waals surface area contributed by atoms with Crippen LogP contribution in [0.5, 0.6) is 0 Å². The predicted molar refractivity (Wildman–Crippen MR) is 133 cm³/mol. The Balaban J connectivity index is 1.53. The molecule has 8 nitrogen and oxygen atoms in total. The quantitative estimate of drug-likeness (QED) is 0.586. The number of hydrogen-bond acceptors (Lipinski definition) is 5. The minimum Gasteiger partial charge on any atom is -0.375 e. The van der Waals surface area contributed by atoms with Gasteiger partial charge in [-0.15, -0.1) is 11.8 Å². The highest BCUT2D eigenvalue weighted by molar-refractivity contribution is 8.00. The third kappa shape index (κ3) is 3.44. The number of ether oxygens (including phenoxy) is 1. The highest BCUT2D eigenvalue weighted by Gasteiger charge is 2.37. The first-order valence-electron chi connectivity index (χ1n) is 11.9. The molecule has 0 radical (unpaired) electrons. The molecule has 0 saturated carbocycles. The van der Waals surface area contributed by atoms with Crippen molar-refractivity contribution in [2.24, 2.45) is 0 Å². The molecule has 3 aliphatic heterocycles. The number of carbonyl (C=O) groups is 1. The maximum absolute atomic E-state index is 13.7. The number of aryl methyl sites for hydroxylation is 2. The van der Waals surface area contributed by atoms with Crippen LogP contribution in [0, 0.1) is 0 Å². The highest BCUT2D eigenvalue weighted by Crippen LogP contribution is 2.42. The molecule has 0 unspecified atom stereocenters. The lowest BCUT2D eigenvalue weighted by Crippen LogP contribution is -2.36.